The summed E-state index contributed by atoms with van der Waals surface area (Å²) in [4.78, 5) is 25.1. The number of amides is 2. The van der Waals surface area contributed by atoms with Gasteiger partial charge in [0.2, 0.25) is 5.91 Å². The SMILES string of the molecule is CCC(C)C(N)C(=O)Nc1cccc(N2CCOC2=O)c1. The van der Waals surface area contributed by atoms with Gasteiger partial charge in [0.15, 0.2) is 0 Å². The monoisotopic (exact) mass is 291 g/mol. The zero-order valence-corrected chi connectivity index (χ0v) is 12.3. The molecule has 3 N–H and O–H groups in total. The number of ether oxygens (including phenoxy) is 1. The molecule has 0 saturated carbocycles. The lowest BCUT2D eigenvalue weighted by atomic mass is 9.99. The van der Waals surface area contributed by atoms with Crippen molar-refractivity contribution in [2.24, 2.45) is 11.7 Å². The minimum atomic E-state index is -0.546. The van der Waals surface area contributed by atoms with Crippen LogP contribution < -0.4 is 16.0 Å². The average molecular weight is 291 g/mol. The minimum Gasteiger partial charge on any atom is -0.447 e. The number of carbonyl (C=O) groups excluding carboxylic acids is 2. The van der Waals surface area contributed by atoms with E-state index in [0.717, 1.165) is 6.42 Å². The predicted octanol–water partition coefficient (Wildman–Crippen LogP) is 1.96. The third-order valence-electron chi connectivity index (χ3n) is 3.75. The standard InChI is InChI=1S/C15H21N3O3/c1-3-10(2)13(16)14(19)17-11-5-4-6-12(9-11)18-7-8-21-15(18)20/h4-6,9-10,13H,3,7-8,16H2,1-2H3,(H,17,19). The summed E-state index contributed by atoms with van der Waals surface area (Å²) in [5.41, 5.74) is 7.23. The van der Waals surface area contributed by atoms with Crippen LogP contribution in [0.2, 0.25) is 0 Å². The fourth-order valence-corrected chi connectivity index (χ4v) is 2.12. The number of nitrogens with two attached hydrogens (primary N) is 1. The Morgan fingerprint density at radius 1 is 1.52 bits per heavy atom. The van der Waals surface area contributed by atoms with Gasteiger partial charge < -0.3 is 15.8 Å². The van der Waals surface area contributed by atoms with Crippen molar-refractivity contribution < 1.29 is 14.3 Å². The van der Waals surface area contributed by atoms with Crippen LogP contribution in [-0.4, -0.2) is 31.2 Å². The number of rotatable bonds is 5. The fourth-order valence-electron chi connectivity index (χ4n) is 2.12. The summed E-state index contributed by atoms with van der Waals surface area (Å²) in [5, 5.41) is 2.79. The number of hydrogen-bond donors (Lipinski definition) is 2. The Morgan fingerprint density at radius 3 is 2.90 bits per heavy atom. The molecular weight excluding hydrogens is 270 g/mol. The molecule has 0 aliphatic carbocycles. The Hall–Kier alpha value is -2.08. The van der Waals surface area contributed by atoms with Crippen LogP contribution in [0.4, 0.5) is 16.2 Å². The first-order chi connectivity index (χ1) is 10.0. The van der Waals surface area contributed by atoms with Crippen molar-refractivity contribution in [3.63, 3.8) is 0 Å². The van der Waals surface area contributed by atoms with Crippen LogP contribution in [0.5, 0.6) is 0 Å². The Balaban J connectivity index is 2.07. The summed E-state index contributed by atoms with van der Waals surface area (Å²) in [6.07, 6.45) is 0.476. The molecule has 1 heterocycles. The molecule has 1 fully saturated rings. The zero-order chi connectivity index (χ0) is 15.4. The molecule has 1 aromatic carbocycles. The van der Waals surface area contributed by atoms with Crippen LogP contribution in [0.15, 0.2) is 24.3 Å². The molecule has 6 nitrogen and oxygen atoms in total. The number of hydrogen-bond acceptors (Lipinski definition) is 4. The molecule has 1 aromatic rings. The van der Waals surface area contributed by atoms with E-state index in [1.54, 1.807) is 24.3 Å². The van der Waals surface area contributed by atoms with Crippen molar-refractivity contribution in [1.82, 2.24) is 0 Å². The van der Waals surface area contributed by atoms with Crippen LogP contribution in [-0.2, 0) is 9.53 Å². The fraction of sp³-hybridized carbons (Fsp3) is 0.467. The quantitative estimate of drug-likeness (QED) is 0.868. The normalized spacial score (nSPS) is 17.3. The van der Waals surface area contributed by atoms with Crippen LogP contribution in [0.1, 0.15) is 20.3 Å². The largest absolute Gasteiger partial charge is 0.447 e. The topological polar surface area (TPSA) is 84.7 Å². The second-order valence-electron chi connectivity index (χ2n) is 5.22. The molecule has 6 heteroatoms. The number of anilines is 2. The molecule has 2 rings (SSSR count). The summed E-state index contributed by atoms with van der Waals surface area (Å²) in [6.45, 7) is 4.84. The van der Waals surface area contributed by atoms with E-state index in [1.165, 1.54) is 4.90 Å². The van der Waals surface area contributed by atoms with Gasteiger partial charge in [0.05, 0.1) is 12.6 Å². The smallest absolute Gasteiger partial charge is 0.414 e. The molecule has 2 atom stereocenters. The van der Waals surface area contributed by atoms with Gasteiger partial charge in [-0.15, -0.1) is 0 Å². The molecule has 1 aliphatic rings. The Morgan fingerprint density at radius 2 is 2.29 bits per heavy atom. The number of cyclic esters (lactones) is 1. The molecule has 2 unspecified atom stereocenters. The van der Waals surface area contributed by atoms with E-state index in [4.69, 9.17) is 10.5 Å². The van der Waals surface area contributed by atoms with Crippen molar-refractivity contribution in [3.8, 4) is 0 Å². The maximum atomic E-state index is 12.1. The van der Waals surface area contributed by atoms with Gasteiger partial charge in [0.25, 0.3) is 0 Å². The second-order valence-corrected chi connectivity index (χ2v) is 5.22. The maximum absolute atomic E-state index is 12.1. The molecule has 0 spiro atoms. The molecule has 0 radical (unpaired) electrons. The highest BCUT2D eigenvalue weighted by atomic mass is 16.6. The summed E-state index contributed by atoms with van der Waals surface area (Å²) in [6, 6.07) is 6.55. The zero-order valence-electron chi connectivity index (χ0n) is 12.3. The molecule has 0 bridgehead atoms. The predicted molar refractivity (Wildman–Crippen MR) is 81.2 cm³/mol. The number of carbonyl (C=O) groups is 2. The summed E-state index contributed by atoms with van der Waals surface area (Å²) in [5.74, 6) is -0.104. The number of nitrogens with one attached hydrogen (secondary N) is 1. The first-order valence-electron chi connectivity index (χ1n) is 7.13. The van der Waals surface area contributed by atoms with E-state index in [0.29, 0.717) is 24.5 Å². The Kier molecular flexibility index (Phi) is 4.80. The van der Waals surface area contributed by atoms with Crippen molar-refractivity contribution in [3.05, 3.63) is 24.3 Å². The minimum absolute atomic E-state index is 0.113. The van der Waals surface area contributed by atoms with Crippen LogP contribution in [0.25, 0.3) is 0 Å². The molecule has 2 amide bonds. The van der Waals surface area contributed by atoms with E-state index in [9.17, 15) is 9.59 Å². The average Bonchev–Trinajstić information content (AvgIpc) is 2.92. The third-order valence-corrected chi connectivity index (χ3v) is 3.75. The van der Waals surface area contributed by atoms with E-state index in [1.807, 2.05) is 13.8 Å². The highest BCUT2D eigenvalue weighted by Crippen LogP contribution is 2.22. The Labute approximate surface area is 124 Å². The first kappa shape index (κ1) is 15.3. The van der Waals surface area contributed by atoms with Gasteiger partial charge in [-0.3, -0.25) is 9.69 Å². The first-order valence-corrected chi connectivity index (χ1v) is 7.13. The van der Waals surface area contributed by atoms with Crippen molar-refractivity contribution >= 4 is 23.4 Å². The molecule has 1 aliphatic heterocycles. The lowest BCUT2D eigenvalue weighted by molar-refractivity contribution is -0.118. The summed E-state index contributed by atoms with van der Waals surface area (Å²) in [7, 11) is 0. The van der Waals surface area contributed by atoms with Crippen molar-refractivity contribution in [1.29, 1.82) is 0 Å². The van der Waals surface area contributed by atoms with Gasteiger partial charge in [-0.2, -0.15) is 0 Å². The summed E-state index contributed by atoms with van der Waals surface area (Å²) < 4.78 is 4.90. The van der Waals surface area contributed by atoms with Gasteiger partial charge in [0, 0.05) is 11.4 Å². The van der Waals surface area contributed by atoms with Gasteiger partial charge in [-0.1, -0.05) is 26.3 Å². The van der Waals surface area contributed by atoms with E-state index in [-0.39, 0.29) is 17.9 Å². The molecule has 114 valence electrons. The van der Waals surface area contributed by atoms with Crippen LogP contribution >= 0.6 is 0 Å². The van der Waals surface area contributed by atoms with E-state index >= 15 is 0 Å². The second kappa shape index (κ2) is 6.58. The molecule has 0 aromatic heterocycles. The van der Waals surface area contributed by atoms with Gasteiger partial charge in [0.1, 0.15) is 6.61 Å². The van der Waals surface area contributed by atoms with E-state index in [2.05, 4.69) is 5.32 Å². The highest BCUT2D eigenvalue weighted by molar-refractivity contribution is 5.96. The van der Waals surface area contributed by atoms with Gasteiger partial charge in [-0.25, -0.2) is 4.79 Å². The number of nitrogens with zero attached hydrogens (tertiary/aromatic N) is 1. The molecule has 21 heavy (non-hydrogen) atoms. The third kappa shape index (κ3) is 3.52. The van der Waals surface area contributed by atoms with E-state index < -0.39 is 6.04 Å². The van der Waals surface area contributed by atoms with Crippen LogP contribution in [0.3, 0.4) is 0 Å². The lowest BCUT2D eigenvalue weighted by Gasteiger charge is -2.19. The van der Waals surface area contributed by atoms with Crippen molar-refractivity contribution in [2.45, 2.75) is 26.3 Å². The maximum Gasteiger partial charge on any atom is 0.414 e. The highest BCUT2D eigenvalue weighted by Gasteiger charge is 2.24. The molecular formula is C15H21N3O3. The van der Waals surface area contributed by atoms with Gasteiger partial charge >= 0.3 is 6.09 Å². The van der Waals surface area contributed by atoms with Crippen molar-refractivity contribution in [2.75, 3.05) is 23.4 Å². The lowest BCUT2D eigenvalue weighted by Crippen LogP contribution is -2.40. The summed E-state index contributed by atoms with van der Waals surface area (Å²) >= 11 is 0. The molecule has 1 saturated heterocycles. The number of benzene rings is 1. The van der Waals surface area contributed by atoms with Crippen LogP contribution in [0, 0.1) is 5.92 Å². The Bertz CT molecular complexity index is 533. The van der Waals surface area contributed by atoms with Gasteiger partial charge in [-0.05, 0) is 24.1 Å².